The molecule has 0 aromatic heterocycles. The minimum absolute atomic E-state index is 0.168. The van der Waals surface area contributed by atoms with Gasteiger partial charge in [0.2, 0.25) is 0 Å². The molecule has 2 amide bonds. The van der Waals surface area contributed by atoms with Crippen LogP contribution in [-0.2, 0) is 19.1 Å². The molecule has 90 valence electrons. The van der Waals surface area contributed by atoms with Gasteiger partial charge in [-0.1, -0.05) is 0 Å². The van der Waals surface area contributed by atoms with Crippen LogP contribution in [0.2, 0.25) is 0 Å². The number of ether oxygens (including phenoxy) is 2. The third kappa shape index (κ3) is 6.32. The van der Waals surface area contributed by atoms with Gasteiger partial charge in [0.05, 0.1) is 0 Å². The molecular formula is C7H11N3O6. The van der Waals surface area contributed by atoms with Crippen LogP contribution in [-0.4, -0.2) is 30.2 Å². The van der Waals surface area contributed by atoms with E-state index in [0.717, 1.165) is 0 Å². The summed E-state index contributed by atoms with van der Waals surface area (Å²) in [6.45, 7) is 0. The summed E-state index contributed by atoms with van der Waals surface area (Å²) in [5.74, 6) is -2.01. The summed E-state index contributed by atoms with van der Waals surface area (Å²) >= 11 is 0. The van der Waals surface area contributed by atoms with Gasteiger partial charge in [0.25, 0.3) is 0 Å². The van der Waals surface area contributed by atoms with Crippen molar-refractivity contribution in [3.63, 3.8) is 0 Å². The van der Waals surface area contributed by atoms with E-state index in [-0.39, 0.29) is 12.8 Å². The SMILES string of the molecule is NC(=O)OC(=O)CCC(N)C(=O)OC(N)=O. The van der Waals surface area contributed by atoms with E-state index in [0.29, 0.717) is 0 Å². The van der Waals surface area contributed by atoms with Crippen molar-refractivity contribution in [3.05, 3.63) is 0 Å². The van der Waals surface area contributed by atoms with Crippen molar-refractivity contribution in [2.24, 2.45) is 17.2 Å². The summed E-state index contributed by atoms with van der Waals surface area (Å²) in [6, 6.07) is -1.21. The molecule has 0 radical (unpaired) electrons. The van der Waals surface area contributed by atoms with Crippen LogP contribution in [0.15, 0.2) is 0 Å². The molecule has 0 aromatic carbocycles. The van der Waals surface area contributed by atoms with Crippen LogP contribution < -0.4 is 17.2 Å². The Morgan fingerprint density at radius 3 is 1.94 bits per heavy atom. The lowest BCUT2D eigenvalue weighted by Crippen LogP contribution is -2.35. The van der Waals surface area contributed by atoms with E-state index in [1.54, 1.807) is 0 Å². The zero-order valence-corrected chi connectivity index (χ0v) is 8.17. The van der Waals surface area contributed by atoms with Crippen molar-refractivity contribution in [1.29, 1.82) is 0 Å². The van der Waals surface area contributed by atoms with Crippen molar-refractivity contribution < 1.29 is 28.7 Å². The van der Waals surface area contributed by atoms with Gasteiger partial charge in [-0.2, -0.15) is 0 Å². The molecule has 0 aliphatic carbocycles. The second kappa shape index (κ2) is 6.35. The molecule has 9 heteroatoms. The third-order valence-corrected chi connectivity index (χ3v) is 1.38. The lowest BCUT2D eigenvalue weighted by atomic mass is 10.2. The maximum atomic E-state index is 10.9. The highest BCUT2D eigenvalue weighted by Crippen LogP contribution is 1.99. The number of amides is 2. The highest BCUT2D eigenvalue weighted by molar-refractivity contribution is 5.87. The van der Waals surface area contributed by atoms with Gasteiger partial charge < -0.3 is 26.7 Å². The van der Waals surface area contributed by atoms with E-state index in [4.69, 9.17) is 5.73 Å². The van der Waals surface area contributed by atoms with Gasteiger partial charge in [-0.05, 0) is 6.42 Å². The summed E-state index contributed by atoms with van der Waals surface area (Å²) < 4.78 is 7.92. The van der Waals surface area contributed by atoms with Crippen molar-refractivity contribution >= 4 is 24.1 Å². The average molecular weight is 233 g/mol. The zero-order valence-electron chi connectivity index (χ0n) is 8.17. The largest absolute Gasteiger partial charge is 0.412 e. The van der Waals surface area contributed by atoms with Crippen LogP contribution in [0.3, 0.4) is 0 Å². The molecule has 1 atom stereocenters. The summed E-state index contributed by atoms with van der Waals surface area (Å²) in [6.07, 6.45) is -3.03. The van der Waals surface area contributed by atoms with Gasteiger partial charge in [-0.3, -0.25) is 4.79 Å². The molecule has 9 nitrogen and oxygen atoms in total. The Balaban J connectivity index is 3.92. The topological polar surface area (TPSA) is 165 Å². The predicted molar refractivity (Wildman–Crippen MR) is 48.6 cm³/mol. The maximum absolute atomic E-state index is 10.9. The van der Waals surface area contributed by atoms with Crippen LogP contribution in [0.25, 0.3) is 0 Å². The molecule has 0 aliphatic rings. The number of esters is 2. The number of rotatable bonds is 4. The van der Waals surface area contributed by atoms with Gasteiger partial charge in [0, 0.05) is 6.42 Å². The summed E-state index contributed by atoms with van der Waals surface area (Å²) in [5, 5.41) is 0. The Labute approximate surface area is 89.8 Å². The first-order valence-corrected chi connectivity index (χ1v) is 4.09. The number of primary amides is 2. The standard InChI is InChI=1S/C7H11N3O6/c8-3(5(12)16-7(10)14)1-2-4(11)15-6(9)13/h3H,1-2,8H2,(H2,9,13)(H2,10,14). The second-order valence-corrected chi connectivity index (χ2v) is 2.68. The first-order chi connectivity index (χ1) is 7.32. The Bertz CT molecular complexity index is 315. The quantitative estimate of drug-likeness (QED) is 0.386. The molecule has 0 saturated carbocycles. The van der Waals surface area contributed by atoms with Gasteiger partial charge in [-0.15, -0.1) is 0 Å². The summed E-state index contributed by atoms with van der Waals surface area (Å²) in [7, 11) is 0. The van der Waals surface area contributed by atoms with E-state index < -0.39 is 30.2 Å². The van der Waals surface area contributed by atoms with E-state index in [9.17, 15) is 19.2 Å². The first kappa shape index (κ1) is 13.8. The summed E-state index contributed by atoms with van der Waals surface area (Å²) in [4.78, 5) is 42.0. The third-order valence-electron chi connectivity index (χ3n) is 1.38. The fourth-order valence-electron chi connectivity index (χ4n) is 0.729. The van der Waals surface area contributed by atoms with Crippen LogP contribution >= 0.6 is 0 Å². The van der Waals surface area contributed by atoms with Gasteiger partial charge >= 0.3 is 24.1 Å². The maximum Gasteiger partial charge on any atom is 0.412 e. The Morgan fingerprint density at radius 1 is 1.00 bits per heavy atom. The Hall–Kier alpha value is -2.16. The normalized spacial score (nSPS) is 11.3. The zero-order chi connectivity index (χ0) is 12.7. The highest BCUT2D eigenvalue weighted by Gasteiger charge is 2.19. The molecule has 0 heterocycles. The van der Waals surface area contributed by atoms with Crippen molar-refractivity contribution in [2.45, 2.75) is 18.9 Å². The molecule has 6 N–H and O–H groups in total. The van der Waals surface area contributed by atoms with Gasteiger partial charge in [0.15, 0.2) is 0 Å². The Kier molecular flexibility index (Phi) is 5.49. The fraction of sp³-hybridized carbons (Fsp3) is 0.429. The van der Waals surface area contributed by atoms with Crippen molar-refractivity contribution in [3.8, 4) is 0 Å². The number of hydrogen-bond donors (Lipinski definition) is 3. The fourth-order valence-corrected chi connectivity index (χ4v) is 0.729. The Morgan fingerprint density at radius 2 is 1.50 bits per heavy atom. The second-order valence-electron chi connectivity index (χ2n) is 2.68. The van der Waals surface area contributed by atoms with E-state index in [1.807, 2.05) is 0 Å². The molecule has 0 aliphatic heterocycles. The molecular weight excluding hydrogens is 222 g/mol. The number of carbonyl (C=O) groups excluding carboxylic acids is 4. The molecule has 16 heavy (non-hydrogen) atoms. The number of carbonyl (C=O) groups is 4. The minimum atomic E-state index is -1.29. The van der Waals surface area contributed by atoms with E-state index in [2.05, 4.69) is 20.9 Å². The lowest BCUT2D eigenvalue weighted by molar-refractivity contribution is -0.139. The van der Waals surface area contributed by atoms with Gasteiger partial charge in [-0.25, -0.2) is 14.4 Å². The average Bonchev–Trinajstić information content (AvgIpc) is 2.11. The van der Waals surface area contributed by atoms with Crippen LogP contribution in [0.4, 0.5) is 9.59 Å². The molecule has 1 unspecified atom stereocenters. The van der Waals surface area contributed by atoms with E-state index >= 15 is 0 Å². The van der Waals surface area contributed by atoms with Crippen molar-refractivity contribution in [2.75, 3.05) is 0 Å². The molecule has 0 fully saturated rings. The molecule has 0 aromatic rings. The number of nitrogens with two attached hydrogens (primary N) is 3. The highest BCUT2D eigenvalue weighted by atomic mass is 16.6. The molecule has 0 spiro atoms. The minimum Gasteiger partial charge on any atom is -0.376 e. The molecule has 0 rings (SSSR count). The molecule has 0 bridgehead atoms. The smallest absolute Gasteiger partial charge is 0.376 e. The van der Waals surface area contributed by atoms with E-state index in [1.165, 1.54) is 0 Å². The van der Waals surface area contributed by atoms with Crippen LogP contribution in [0.1, 0.15) is 12.8 Å². The molecule has 0 saturated heterocycles. The predicted octanol–water partition coefficient (Wildman–Crippen LogP) is -1.66. The lowest BCUT2D eigenvalue weighted by Gasteiger charge is -2.07. The van der Waals surface area contributed by atoms with Gasteiger partial charge in [0.1, 0.15) is 6.04 Å². The van der Waals surface area contributed by atoms with Crippen LogP contribution in [0, 0.1) is 0 Å². The monoisotopic (exact) mass is 233 g/mol. The van der Waals surface area contributed by atoms with Crippen LogP contribution in [0.5, 0.6) is 0 Å². The summed E-state index contributed by atoms with van der Waals surface area (Å²) in [5.41, 5.74) is 14.4. The van der Waals surface area contributed by atoms with Crippen molar-refractivity contribution in [1.82, 2.24) is 0 Å². The number of hydrogen-bond acceptors (Lipinski definition) is 7. The first-order valence-electron chi connectivity index (χ1n) is 4.09.